The third-order valence-corrected chi connectivity index (χ3v) is 7.88. The molecular weight excluding hydrogens is 382 g/mol. The minimum absolute atomic E-state index is 0.214. The van der Waals surface area contributed by atoms with Crippen LogP contribution in [-0.2, 0) is 27.8 Å². The third-order valence-electron chi connectivity index (χ3n) is 4.65. The number of benzene rings is 1. The number of sulfonamides is 1. The number of rotatable bonds is 7. The maximum Gasteiger partial charge on any atom is 0.253 e. The van der Waals surface area contributed by atoms with Crippen LogP contribution in [0.2, 0.25) is 0 Å². The molecule has 1 atom stereocenters. The second kappa shape index (κ2) is 8.52. The Hall–Kier alpha value is -1.74. The molecule has 6 nitrogen and oxygen atoms in total. The highest BCUT2D eigenvalue weighted by atomic mass is 32.2. The summed E-state index contributed by atoms with van der Waals surface area (Å²) in [5, 5.41) is 4.65. The first-order valence-corrected chi connectivity index (χ1v) is 11.3. The number of fused-ring (bicyclic) bond motifs is 1. The predicted molar refractivity (Wildman–Crippen MR) is 107 cm³/mol. The van der Waals surface area contributed by atoms with Gasteiger partial charge in [-0.05, 0) is 56.1 Å². The van der Waals surface area contributed by atoms with Gasteiger partial charge in [0.15, 0.2) is 0 Å². The minimum Gasteiger partial charge on any atom is -0.355 e. The number of amides is 1. The summed E-state index contributed by atoms with van der Waals surface area (Å²) in [6.45, 7) is 1.61. The fourth-order valence-corrected chi connectivity index (χ4v) is 5.91. The number of carbonyl (C=O) groups excluding carboxylic acids is 1. The highest BCUT2D eigenvalue weighted by Crippen LogP contribution is 2.30. The Morgan fingerprint density at radius 1 is 1.22 bits per heavy atom. The second-order valence-electron chi connectivity index (χ2n) is 6.92. The molecule has 1 aromatic heterocycles. The predicted octanol–water partition coefficient (Wildman–Crippen LogP) is 1.93. The largest absolute Gasteiger partial charge is 0.355 e. The van der Waals surface area contributed by atoms with Gasteiger partial charge in [-0.2, -0.15) is 4.31 Å². The van der Waals surface area contributed by atoms with Crippen LogP contribution in [0.1, 0.15) is 17.5 Å². The molecule has 1 unspecified atom stereocenters. The lowest BCUT2D eigenvalue weighted by molar-refractivity contribution is -0.125. The van der Waals surface area contributed by atoms with Crippen molar-refractivity contribution in [3.05, 3.63) is 52.9 Å². The molecule has 8 heteroatoms. The summed E-state index contributed by atoms with van der Waals surface area (Å²) in [5.41, 5.74) is 1.98. The molecule has 0 saturated carbocycles. The van der Waals surface area contributed by atoms with Crippen molar-refractivity contribution in [3.8, 4) is 0 Å². The summed E-state index contributed by atoms with van der Waals surface area (Å²) in [5.74, 6) is -0.233. The molecule has 1 aliphatic heterocycles. The Morgan fingerprint density at radius 2 is 1.96 bits per heavy atom. The molecule has 1 aromatic carbocycles. The average Bonchev–Trinajstić information content (AvgIpc) is 3.19. The highest BCUT2D eigenvalue weighted by Gasteiger charge is 2.39. The Balaban J connectivity index is 1.83. The van der Waals surface area contributed by atoms with Gasteiger partial charge in [0, 0.05) is 13.1 Å². The Kier molecular flexibility index (Phi) is 6.31. The molecule has 146 valence electrons. The summed E-state index contributed by atoms with van der Waals surface area (Å²) in [7, 11) is 0.246. The lowest BCUT2D eigenvalue weighted by Crippen LogP contribution is -2.52. The number of hydrogen-bond acceptors (Lipinski definition) is 5. The molecule has 0 saturated heterocycles. The van der Waals surface area contributed by atoms with Gasteiger partial charge in [-0.3, -0.25) is 4.79 Å². The highest BCUT2D eigenvalue weighted by molar-refractivity contribution is 7.91. The molecule has 0 radical (unpaired) electrons. The van der Waals surface area contributed by atoms with Crippen LogP contribution in [0.15, 0.2) is 46.0 Å². The number of thiophene rings is 1. The van der Waals surface area contributed by atoms with Crippen molar-refractivity contribution >= 4 is 27.3 Å². The van der Waals surface area contributed by atoms with Gasteiger partial charge in [-0.15, -0.1) is 11.3 Å². The summed E-state index contributed by atoms with van der Waals surface area (Å²) in [4.78, 5) is 14.9. The smallest absolute Gasteiger partial charge is 0.253 e. The first-order chi connectivity index (χ1) is 12.9. The number of hydrogen-bond donors (Lipinski definition) is 1. The van der Waals surface area contributed by atoms with Crippen LogP contribution in [-0.4, -0.2) is 56.8 Å². The SMILES string of the molecule is CN(C)CCCNC(=O)C1Cc2ccccc2CN1S(=O)(=O)c1cccs1. The van der Waals surface area contributed by atoms with E-state index in [0.29, 0.717) is 13.0 Å². The standard InChI is InChI=1S/C19H25N3O3S2/c1-21(2)11-6-10-20-19(23)17-13-15-7-3-4-8-16(15)14-22(17)27(24,25)18-9-5-12-26-18/h3-5,7-9,12,17H,6,10-11,13-14H2,1-2H3,(H,20,23). The van der Waals surface area contributed by atoms with Crippen LogP contribution in [0.25, 0.3) is 0 Å². The van der Waals surface area contributed by atoms with Crippen molar-refractivity contribution in [2.24, 2.45) is 0 Å². The van der Waals surface area contributed by atoms with E-state index in [1.165, 1.54) is 15.6 Å². The monoisotopic (exact) mass is 407 g/mol. The minimum atomic E-state index is -3.72. The molecule has 0 fully saturated rings. The van der Waals surface area contributed by atoms with E-state index in [2.05, 4.69) is 10.2 Å². The van der Waals surface area contributed by atoms with Crippen molar-refractivity contribution < 1.29 is 13.2 Å². The summed E-state index contributed by atoms with van der Waals surface area (Å²) in [6, 6.07) is 10.3. The van der Waals surface area contributed by atoms with Gasteiger partial charge in [0.05, 0.1) is 0 Å². The van der Waals surface area contributed by atoms with Gasteiger partial charge in [0.2, 0.25) is 5.91 Å². The average molecular weight is 408 g/mol. The van der Waals surface area contributed by atoms with E-state index in [-0.39, 0.29) is 16.7 Å². The molecule has 1 N–H and O–H groups in total. The fourth-order valence-electron chi connectivity index (χ4n) is 3.23. The molecule has 2 aromatic rings. The maximum absolute atomic E-state index is 13.1. The van der Waals surface area contributed by atoms with Crippen molar-refractivity contribution in [1.82, 2.24) is 14.5 Å². The zero-order chi connectivity index (χ0) is 19.4. The van der Waals surface area contributed by atoms with Crippen molar-refractivity contribution in [1.29, 1.82) is 0 Å². The van der Waals surface area contributed by atoms with Crippen LogP contribution in [0, 0.1) is 0 Å². The van der Waals surface area contributed by atoms with Crippen molar-refractivity contribution in [2.75, 3.05) is 27.2 Å². The topological polar surface area (TPSA) is 69.7 Å². The quantitative estimate of drug-likeness (QED) is 0.712. The van der Waals surface area contributed by atoms with E-state index in [0.717, 1.165) is 24.1 Å². The van der Waals surface area contributed by atoms with E-state index in [9.17, 15) is 13.2 Å². The number of nitrogens with one attached hydrogen (secondary N) is 1. The molecule has 3 rings (SSSR count). The van der Waals surface area contributed by atoms with E-state index < -0.39 is 16.1 Å². The molecule has 0 aliphatic carbocycles. The van der Waals surface area contributed by atoms with Crippen LogP contribution in [0.5, 0.6) is 0 Å². The first-order valence-electron chi connectivity index (χ1n) is 8.94. The number of carbonyl (C=O) groups is 1. The Labute approximate surface area is 164 Å². The van der Waals surface area contributed by atoms with Gasteiger partial charge in [-0.25, -0.2) is 8.42 Å². The van der Waals surface area contributed by atoms with Crippen LogP contribution in [0.4, 0.5) is 0 Å². The zero-order valence-electron chi connectivity index (χ0n) is 15.6. The van der Waals surface area contributed by atoms with Gasteiger partial charge < -0.3 is 10.2 Å². The van der Waals surface area contributed by atoms with Gasteiger partial charge in [-0.1, -0.05) is 30.3 Å². The molecule has 1 aliphatic rings. The number of nitrogens with zero attached hydrogens (tertiary/aromatic N) is 2. The van der Waals surface area contributed by atoms with Crippen LogP contribution in [0.3, 0.4) is 0 Å². The van der Waals surface area contributed by atoms with Crippen molar-refractivity contribution in [3.63, 3.8) is 0 Å². The molecule has 0 spiro atoms. The summed E-state index contributed by atoms with van der Waals surface area (Å²) in [6.07, 6.45) is 1.21. The summed E-state index contributed by atoms with van der Waals surface area (Å²) >= 11 is 1.18. The molecule has 27 heavy (non-hydrogen) atoms. The van der Waals surface area contributed by atoms with E-state index >= 15 is 0 Å². The molecule has 1 amide bonds. The normalized spacial score (nSPS) is 17.7. The van der Waals surface area contributed by atoms with Gasteiger partial charge in [0.1, 0.15) is 10.3 Å². The van der Waals surface area contributed by atoms with Gasteiger partial charge >= 0.3 is 0 Å². The molecule has 2 heterocycles. The van der Waals surface area contributed by atoms with Gasteiger partial charge in [0.25, 0.3) is 10.0 Å². The maximum atomic E-state index is 13.1. The Morgan fingerprint density at radius 3 is 2.63 bits per heavy atom. The lowest BCUT2D eigenvalue weighted by Gasteiger charge is -2.34. The van der Waals surface area contributed by atoms with Crippen LogP contribution < -0.4 is 5.32 Å². The Bertz CT molecular complexity index is 879. The first kappa shape index (κ1) is 20.0. The lowest BCUT2D eigenvalue weighted by atomic mass is 9.95. The van der Waals surface area contributed by atoms with Crippen molar-refractivity contribution in [2.45, 2.75) is 29.6 Å². The third kappa shape index (κ3) is 4.57. The molecule has 0 bridgehead atoms. The molecular formula is C19H25N3O3S2. The van der Waals surface area contributed by atoms with Crippen LogP contribution >= 0.6 is 11.3 Å². The second-order valence-corrected chi connectivity index (χ2v) is 9.98. The van der Waals surface area contributed by atoms with E-state index in [1.54, 1.807) is 17.5 Å². The fraction of sp³-hybridized carbons (Fsp3) is 0.421. The zero-order valence-corrected chi connectivity index (χ0v) is 17.2. The summed E-state index contributed by atoms with van der Waals surface area (Å²) < 4.78 is 27.9. The van der Waals surface area contributed by atoms with E-state index in [1.807, 2.05) is 38.4 Å². The van der Waals surface area contributed by atoms with E-state index in [4.69, 9.17) is 0 Å².